The molecule has 1 saturated heterocycles. The van der Waals surface area contributed by atoms with Crippen molar-refractivity contribution < 1.29 is 13.2 Å². The minimum atomic E-state index is -3.81. The summed E-state index contributed by atoms with van der Waals surface area (Å²) in [5.41, 5.74) is 2.16. The molecule has 33 heavy (non-hydrogen) atoms. The maximum absolute atomic E-state index is 13.5. The topological polar surface area (TPSA) is 69.7 Å². The molecule has 1 amide bonds. The molecule has 0 bridgehead atoms. The van der Waals surface area contributed by atoms with Crippen LogP contribution in [0.15, 0.2) is 80.8 Å². The molecular weight excluding hydrogens is 522 g/mol. The zero-order valence-corrected chi connectivity index (χ0v) is 21.3. The zero-order valence-electron chi connectivity index (χ0n) is 18.1. The van der Waals surface area contributed by atoms with Crippen molar-refractivity contribution in [2.24, 2.45) is 0 Å². The molecule has 0 aliphatic carbocycles. The predicted molar refractivity (Wildman–Crippen MR) is 135 cm³/mol. The first-order valence-electron chi connectivity index (χ1n) is 10.8. The van der Waals surface area contributed by atoms with Crippen LogP contribution in [0.3, 0.4) is 0 Å². The number of carbonyl (C=O) groups excluding carboxylic acids is 1. The molecular formula is C24H26BrN3O3S2. The van der Waals surface area contributed by atoms with E-state index >= 15 is 0 Å². The van der Waals surface area contributed by atoms with Gasteiger partial charge in [0.2, 0.25) is 5.91 Å². The SMILES string of the molecule is O=C(C(Cc1ccccc1)NS(=O)(=O)c1ccc(Br)s1)N1CCN(Cc2ccccc2)CC1. The van der Waals surface area contributed by atoms with Gasteiger partial charge in [-0.25, -0.2) is 8.42 Å². The molecule has 1 aliphatic heterocycles. The summed E-state index contributed by atoms with van der Waals surface area (Å²) >= 11 is 4.44. The Morgan fingerprint density at radius 3 is 2.09 bits per heavy atom. The second kappa shape index (κ2) is 10.9. The van der Waals surface area contributed by atoms with Gasteiger partial charge in [-0.3, -0.25) is 9.69 Å². The second-order valence-electron chi connectivity index (χ2n) is 8.01. The standard InChI is InChI=1S/C24H26BrN3O3S2/c25-22-11-12-23(32-22)33(30,31)26-21(17-19-7-3-1-4-8-19)24(29)28-15-13-27(14-16-28)18-20-9-5-2-6-10-20/h1-12,21,26H,13-18H2. The van der Waals surface area contributed by atoms with Crippen molar-refractivity contribution in [1.82, 2.24) is 14.5 Å². The average molecular weight is 549 g/mol. The van der Waals surface area contributed by atoms with E-state index in [0.717, 1.165) is 40.3 Å². The molecule has 1 aliphatic rings. The van der Waals surface area contributed by atoms with Crippen LogP contribution in [0.4, 0.5) is 0 Å². The van der Waals surface area contributed by atoms with E-state index in [-0.39, 0.29) is 10.1 Å². The Bertz CT molecular complexity index is 1160. The number of benzene rings is 2. The van der Waals surface area contributed by atoms with Gasteiger partial charge in [-0.05, 0) is 45.6 Å². The van der Waals surface area contributed by atoms with Crippen LogP contribution < -0.4 is 4.72 Å². The molecule has 1 fully saturated rings. The number of carbonyl (C=O) groups is 1. The lowest BCUT2D eigenvalue weighted by Gasteiger charge is -2.36. The summed E-state index contributed by atoms with van der Waals surface area (Å²) < 4.78 is 29.6. The number of sulfonamides is 1. The molecule has 4 rings (SSSR count). The van der Waals surface area contributed by atoms with Crippen molar-refractivity contribution in [1.29, 1.82) is 0 Å². The van der Waals surface area contributed by atoms with Crippen molar-refractivity contribution in [2.45, 2.75) is 23.2 Å². The summed E-state index contributed by atoms with van der Waals surface area (Å²) in [5.74, 6) is -0.183. The van der Waals surface area contributed by atoms with Gasteiger partial charge in [0.15, 0.2) is 0 Å². The number of nitrogens with one attached hydrogen (secondary N) is 1. The molecule has 3 aromatic rings. The highest BCUT2D eigenvalue weighted by Gasteiger charge is 2.32. The third kappa shape index (κ3) is 6.51. The van der Waals surface area contributed by atoms with E-state index < -0.39 is 16.1 Å². The molecule has 1 unspecified atom stereocenters. The largest absolute Gasteiger partial charge is 0.339 e. The number of halogens is 1. The quantitative estimate of drug-likeness (QED) is 0.466. The lowest BCUT2D eigenvalue weighted by Crippen LogP contribution is -2.55. The lowest BCUT2D eigenvalue weighted by molar-refractivity contribution is -0.134. The number of hydrogen-bond donors (Lipinski definition) is 1. The fourth-order valence-corrected chi connectivity index (χ4v) is 7.12. The fraction of sp³-hybridized carbons (Fsp3) is 0.292. The summed E-state index contributed by atoms with van der Waals surface area (Å²) in [4.78, 5) is 17.6. The molecule has 0 spiro atoms. The molecule has 2 aromatic carbocycles. The highest BCUT2D eigenvalue weighted by molar-refractivity contribution is 9.11. The van der Waals surface area contributed by atoms with E-state index in [0.29, 0.717) is 19.5 Å². The molecule has 1 aromatic heterocycles. The van der Waals surface area contributed by atoms with Crippen LogP contribution in [0.1, 0.15) is 11.1 Å². The fourth-order valence-electron chi connectivity index (χ4n) is 3.91. The molecule has 0 radical (unpaired) electrons. The van der Waals surface area contributed by atoms with E-state index in [4.69, 9.17) is 0 Å². The smallest absolute Gasteiger partial charge is 0.250 e. The molecule has 6 nitrogen and oxygen atoms in total. The zero-order chi connectivity index (χ0) is 23.3. The van der Waals surface area contributed by atoms with Crippen LogP contribution in [0.5, 0.6) is 0 Å². The van der Waals surface area contributed by atoms with Crippen molar-refractivity contribution in [3.63, 3.8) is 0 Å². The third-order valence-corrected chi connectivity index (χ3v) is 9.21. The summed E-state index contributed by atoms with van der Waals surface area (Å²) in [6.07, 6.45) is 0.301. The average Bonchev–Trinajstić information content (AvgIpc) is 3.27. The van der Waals surface area contributed by atoms with Crippen LogP contribution in [-0.2, 0) is 27.8 Å². The Kier molecular flexibility index (Phi) is 7.98. The van der Waals surface area contributed by atoms with Crippen LogP contribution in [0.2, 0.25) is 0 Å². The number of hydrogen-bond acceptors (Lipinski definition) is 5. The van der Waals surface area contributed by atoms with Gasteiger partial charge in [0.05, 0.1) is 3.79 Å². The maximum atomic E-state index is 13.5. The van der Waals surface area contributed by atoms with Gasteiger partial charge in [-0.15, -0.1) is 11.3 Å². The molecule has 9 heteroatoms. The van der Waals surface area contributed by atoms with Gasteiger partial charge < -0.3 is 4.90 Å². The number of amides is 1. The summed E-state index contributed by atoms with van der Waals surface area (Å²) in [6.45, 7) is 3.50. The predicted octanol–water partition coefficient (Wildman–Crippen LogP) is 3.74. The summed E-state index contributed by atoms with van der Waals surface area (Å²) in [7, 11) is -3.81. The number of rotatable bonds is 8. The van der Waals surface area contributed by atoms with Gasteiger partial charge in [0.25, 0.3) is 10.0 Å². The molecule has 1 atom stereocenters. The number of thiophene rings is 1. The van der Waals surface area contributed by atoms with Crippen LogP contribution in [-0.4, -0.2) is 56.3 Å². The van der Waals surface area contributed by atoms with Crippen LogP contribution >= 0.6 is 27.3 Å². The summed E-state index contributed by atoms with van der Waals surface area (Å²) in [5, 5.41) is 0. The van der Waals surface area contributed by atoms with E-state index in [1.165, 1.54) is 5.56 Å². The van der Waals surface area contributed by atoms with Crippen LogP contribution in [0, 0.1) is 0 Å². The van der Waals surface area contributed by atoms with Crippen LogP contribution in [0.25, 0.3) is 0 Å². The number of piperazine rings is 1. The maximum Gasteiger partial charge on any atom is 0.250 e. The highest BCUT2D eigenvalue weighted by atomic mass is 79.9. The second-order valence-corrected chi connectivity index (χ2v) is 12.4. The highest BCUT2D eigenvalue weighted by Crippen LogP contribution is 2.26. The Labute approximate surface area is 207 Å². The molecule has 1 N–H and O–H groups in total. The molecule has 0 saturated carbocycles. The first kappa shape index (κ1) is 24.1. The Hall–Kier alpha value is -2.04. The first-order chi connectivity index (χ1) is 15.9. The Morgan fingerprint density at radius 1 is 0.909 bits per heavy atom. The van der Waals surface area contributed by atoms with Gasteiger partial charge in [0.1, 0.15) is 10.3 Å². The van der Waals surface area contributed by atoms with Crippen molar-refractivity contribution in [2.75, 3.05) is 26.2 Å². The summed E-state index contributed by atoms with van der Waals surface area (Å²) in [6, 6.07) is 22.2. The normalized spacial score (nSPS) is 16.0. The van der Waals surface area contributed by atoms with Gasteiger partial charge in [0, 0.05) is 32.7 Å². The Morgan fingerprint density at radius 2 is 1.52 bits per heavy atom. The first-order valence-corrected chi connectivity index (χ1v) is 13.9. The van der Waals surface area contributed by atoms with Crippen molar-refractivity contribution in [3.8, 4) is 0 Å². The van der Waals surface area contributed by atoms with E-state index in [9.17, 15) is 13.2 Å². The number of nitrogens with zero attached hydrogens (tertiary/aromatic N) is 2. The van der Waals surface area contributed by atoms with Crippen molar-refractivity contribution >= 4 is 43.2 Å². The monoisotopic (exact) mass is 547 g/mol. The van der Waals surface area contributed by atoms with E-state index in [2.05, 4.69) is 37.7 Å². The Balaban J connectivity index is 1.45. The lowest BCUT2D eigenvalue weighted by atomic mass is 10.1. The minimum absolute atomic E-state index is 0.183. The van der Waals surface area contributed by atoms with E-state index in [1.54, 1.807) is 17.0 Å². The molecule has 2 heterocycles. The van der Waals surface area contributed by atoms with Gasteiger partial charge in [-0.1, -0.05) is 60.7 Å². The van der Waals surface area contributed by atoms with Crippen molar-refractivity contribution in [3.05, 3.63) is 87.7 Å². The van der Waals surface area contributed by atoms with E-state index in [1.807, 2.05) is 48.5 Å². The molecule has 174 valence electrons. The van der Waals surface area contributed by atoms with Gasteiger partial charge >= 0.3 is 0 Å². The third-order valence-electron chi connectivity index (χ3n) is 5.62. The van der Waals surface area contributed by atoms with Gasteiger partial charge in [-0.2, -0.15) is 4.72 Å². The minimum Gasteiger partial charge on any atom is -0.339 e.